The number of methoxy groups -OCH3 is 2. The second-order valence-corrected chi connectivity index (χ2v) is 5.64. The molecular weight excluding hydrogens is 429 g/mol. The van der Waals surface area contributed by atoms with E-state index in [0.29, 0.717) is 0 Å². The monoisotopic (exact) mass is 453 g/mol. The number of guanidine groups is 1. The first-order valence-corrected chi connectivity index (χ1v) is 8.08. The summed E-state index contributed by atoms with van der Waals surface area (Å²) in [6.07, 6.45) is 0. The molecule has 0 spiro atoms. The van der Waals surface area contributed by atoms with Crippen LogP contribution in [-0.2, 0) is 13.1 Å². The van der Waals surface area contributed by atoms with Crippen molar-refractivity contribution in [1.29, 1.82) is 0 Å². The highest BCUT2D eigenvalue weighted by atomic mass is 127. The fourth-order valence-corrected chi connectivity index (χ4v) is 2.77. The average Bonchev–Trinajstić information content (AvgIpc) is 3.08. The van der Waals surface area contributed by atoms with Crippen molar-refractivity contribution >= 4 is 29.9 Å². The Hall–Kier alpha value is -1.96. The molecule has 5 nitrogen and oxygen atoms in total. The third-order valence-electron chi connectivity index (χ3n) is 4.08. The van der Waals surface area contributed by atoms with E-state index in [1.54, 1.807) is 14.2 Å². The number of rotatable bonds is 6. The van der Waals surface area contributed by atoms with Gasteiger partial charge >= 0.3 is 0 Å². The molecule has 2 aromatic rings. The number of nitrogens with zero attached hydrogens (tertiary/aromatic N) is 2. The van der Waals surface area contributed by atoms with Gasteiger partial charge in [0, 0.05) is 31.3 Å². The van der Waals surface area contributed by atoms with E-state index in [1.165, 1.54) is 5.56 Å². The Labute approximate surface area is 166 Å². The van der Waals surface area contributed by atoms with E-state index in [9.17, 15) is 0 Å². The molecule has 0 unspecified atom stereocenters. The molecule has 0 amide bonds. The summed E-state index contributed by atoms with van der Waals surface area (Å²) in [5, 5.41) is 3.44. The lowest BCUT2D eigenvalue weighted by Crippen LogP contribution is -2.37. The van der Waals surface area contributed by atoms with Crippen LogP contribution in [0.25, 0.3) is 0 Å². The SMILES string of the molecule is COc1ccc(CN2CCN=C2NCc2ccccc2)c(OC)c1.I. The Bertz CT molecular complexity index is 707. The lowest BCUT2D eigenvalue weighted by molar-refractivity contribution is 0.377. The topological polar surface area (TPSA) is 46.1 Å². The first-order chi connectivity index (χ1) is 11.8. The summed E-state index contributed by atoms with van der Waals surface area (Å²) in [6, 6.07) is 16.3. The second kappa shape index (κ2) is 9.50. The Balaban J connectivity index is 0.00000225. The number of hydrogen-bond donors (Lipinski definition) is 1. The van der Waals surface area contributed by atoms with Crippen LogP contribution in [0.15, 0.2) is 53.5 Å². The van der Waals surface area contributed by atoms with Crippen LogP contribution in [-0.4, -0.2) is 38.2 Å². The standard InChI is InChI=1S/C19H23N3O2.HI/c1-23-17-9-8-16(18(12-17)24-2)14-22-11-10-20-19(22)21-13-15-6-4-3-5-7-15;/h3-9,12H,10-11,13-14H2,1-2H3,(H,20,21);1H. The van der Waals surface area contributed by atoms with Crippen molar-refractivity contribution in [2.24, 2.45) is 4.99 Å². The highest BCUT2D eigenvalue weighted by Gasteiger charge is 2.18. The number of nitrogens with one attached hydrogen (secondary N) is 1. The summed E-state index contributed by atoms with van der Waals surface area (Å²) < 4.78 is 10.8. The molecule has 6 heteroatoms. The Morgan fingerprint density at radius 3 is 2.60 bits per heavy atom. The van der Waals surface area contributed by atoms with Crippen LogP contribution < -0.4 is 14.8 Å². The quantitative estimate of drug-likeness (QED) is 0.683. The summed E-state index contributed by atoms with van der Waals surface area (Å²) in [4.78, 5) is 6.83. The Morgan fingerprint density at radius 1 is 1.08 bits per heavy atom. The molecule has 0 radical (unpaired) electrons. The molecule has 2 aromatic carbocycles. The zero-order valence-electron chi connectivity index (χ0n) is 14.6. The van der Waals surface area contributed by atoms with Gasteiger partial charge in [-0.3, -0.25) is 4.99 Å². The molecule has 1 heterocycles. The van der Waals surface area contributed by atoms with Crippen molar-refractivity contribution in [3.63, 3.8) is 0 Å². The Kier molecular flexibility index (Phi) is 7.36. The molecule has 1 aliphatic rings. The van der Waals surface area contributed by atoms with Gasteiger partial charge < -0.3 is 19.7 Å². The number of benzene rings is 2. The van der Waals surface area contributed by atoms with E-state index >= 15 is 0 Å². The molecule has 1 N–H and O–H groups in total. The van der Waals surface area contributed by atoms with Crippen molar-refractivity contribution in [2.45, 2.75) is 13.1 Å². The van der Waals surface area contributed by atoms with Gasteiger partial charge in [-0.2, -0.15) is 0 Å². The molecule has 1 aliphatic heterocycles. The number of hydrogen-bond acceptors (Lipinski definition) is 5. The van der Waals surface area contributed by atoms with Crippen molar-refractivity contribution < 1.29 is 9.47 Å². The van der Waals surface area contributed by atoms with Crippen molar-refractivity contribution in [3.8, 4) is 11.5 Å². The number of ether oxygens (including phenoxy) is 2. The van der Waals surface area contributed by atoms with Crippen LogP contribution in [0.5, 0.6) is 11.5 Å². The molecule has 0 aromatic heterocycles. The van der Waals surface area contributed by atoms with Crippen molar-refractivity contribution in [2.75, 3.05) is 27.3 Å². The molecule has 25 heavy (non-hydrogen) atoms. The lowest BCUT2D eigenvalue weighted by Gasteiger charge is -2.22. The highest BCUT2D eigenvalue weighted by molar-refractivity contribution is 14.0. The largest absolute Gasteiger partial charge is 0.497 e. The van der Waals surface area contributed by atoms with Crippen LogP contribution >= 0.6 is 24.0 Å². The van der Waals surface area contributed by atoms with Gasteiger partial charge in [-0.25, -0.2) is 0 Å². The first-order valence-electron chi connectivity index (χ1n) is 8.08. The predicted octanol–water partition coefficient (Wildman–Crippen LogP) is 3.28. The summed E-state index contributed by atoms with van der Waals surface area (Å²) in [6.45, 7) is 3.26. The maximum atomic E-state index is 5.50. The molecule has 0 saturated carbocycles. The van der Waals surface area contributed by atoms with E-state index in [-0.39, 0.29) is 24.0 Å². The second-order valence-electron chi connectivity index (χ2n) is 5.64. The molecular formula is C19H24IN3O2. The number of halogens is 1. The van der Waals surface area contributed by atoms with Crippen LogP contribution in [0, 0.1) is 0 Å². The van der Waals surface area contributed by atoms with Gasteiger partial charge in [0.1, 0.15) is 11.5 Å². The third-order valence-corrected chi connectivity index (χ3v) is 4.08. The van der Waals surface area contributed by atoms with Crippen LogP contribution in [0.2, 0.25) is 0 Å². The van der Waals surface area contributed by atoms with Crippen molar-refractivity contribution in [1.82, 2.24) is 10.2 Å². The van der Waals surface area contributed by atoms with Crippen molar-refractivity contribution in [3.05, 3.63) is 59.7 Å². The summed E-state index contributed by atoms with van der Waals surface area (Å²) in [5.74, 6) is 2.58. The predicted molar refractivity (Wildman–Crippen MR) is 111 cm³/mol. The zero-order valence-corrected chi connectivity index (χ0v) is 16.9. The molecule has 0 atom stereocenters. The fraction of sp³-hybridized carbons (Fsp3) is 0.316. The number of aliphatic imine (C=N–C) groups is 1. The molecule has 3 rings (SSSR count). The molecule has 0 aliphatic carbocycles. The van der Waals surface area contributed by atoms with Gasteiger partial charge in [0.05, 0.1) is 20.8 Å². The lowest BCUT2D eigenvalue weighted by atomic mass is 10.1. The maximum Gasteiger partial charge on any atom is 0.194 e. The molecule has 0 bridgehead atoms. The smallest absolute Gasteiger partial charge is 0.194 e. The normalized spacial score (nSPS) is 13.0. The van der Waals surface area contributed by atoms with Gasteiger partial charge in [-0.15, -0.1) is 24.0 Å². The summed E-state index contributed by atoms with van der Waals surface area (Å²) in [7, 11) is 3.35. The van der Waals surface area contributed by atoms with E-state index in [0.717, 1.165) is 49.2 Å². The first kappa shape index (κ1) is 19.4. The van der Waals surface area contributed by atoms with E-state index < -0.39 is 0 Å². The van der Waals surface area contributed by atoms with Gasteiger partial charge in [-0.1, -0.05) is 30.3 Å². The molecule has 134 valence electrons. The van der Waals surface area contributed by atoms with Crippen LogP contribution in [0.4, 0.5) is 0 Å². The van der Waals surface area contributed by atoms with Gasteiger partial charge in [0.25, 0.3) is 0 Å². The summed E-state index contributed by atoms with van der Waals surface area (Å²) >= 11 is 0. The van der Waals surface area contributed by atoms with Crippen LogP contribution in [0.3, 0.4) is 0 Å². The van der Waals surface area contributed by atoms with Crippen LogP contribution in [0.1, 0.15) is 11.1 Å². The van der Waals surface area contributed by atoms with E-state index in [4.69, 9.17) is 9.47 Å². The molecule has 0 fully saturated rings. The minimum Gasteiger partial charge on any atom is -0.497 e. The van der Waals surface area contributed by atoms with E-state index in [2.05, 4.69) is 27.3 Å². The highest BCUT2D eigenvalue weighted by Crippen LogP contribution is 2.26. The van der Waals surface area contributed by atoms with Gasteiger partial charge in [0.15, 0.2) is 5.96 Å². The average molecular weight is 453 g/mol. The van der Waals surface area contributed by atoms with E-state index in [1.807, 2.05) is 36.4 Å². The zero-order chi connectivity index (χ0) is 16.8. The van der Waals surface area contributed by atoms with Gasteiger partial charge in [0.2, 0.25) is 0 Å². The molecule has 0 saturated heterocycles. The minimum atomic E-state index is 0. The third kappa shape index (κ3) is 5.01. The Morgan fingerprint density at radius 2 is 1.88 bits per heavy atom. The maximum absolute atomic E-state index is 5.50. The fourth-order valence-electron chi connectivity index (χ4n) is 2.77. The van der Waals surface area contributed by atoms with Gasteiger partial charge in [-0.05, 0) is 17.7 Å². The summed E-state index contributed by atoms with van der Waals surface area (Å²) in [5.41, 5.74) is 2.36. The minimum absolute atomic E-state index is 0.